The van der Waals surface area contributed by atoms with E-state index in [1.54, 1.807) is 33.5 Å². The van der Waals surface area contributed by atoms with Crippen LogP contribution in [-0.2, 0) is 4.79 Å². The van der Waals surface area contributed by atoms with Crippen LogP contribution in [0.5, 0.6) is 23.0 Å². The molecule has 2 aromatic rings. The Morgan fingerprint density at radius 1 is 0.857 bits per heavy atom. The van der Waals surface area contributed by atoms with Crippen LogP contribution in [0.4, 0.5) is 5.69 Å². The molecule has 0 radical (unpaired) electrons. The van der Waals surface area contributed by atoms with Crippen LogP contribution in [0.2, 0.25) is 0 Å². The molecule has 1 aliphatic heterocycles. The van der Waals surface area contributed by atoms with Gasteiger partial charge in [-0.3, -0.25) is 4.79 Å². The van der Waals surface area contributed by atoms with Crippen molar-refractivity contribution in [3.05, 3.63) is 42.5 Å². The zero-order valence-corrected chi connectivity index (χ0v) is 16.5. The molecular weight excluding hydrogens is 360 g/mol. The van der Waals surface area contributed by atoms with Crippen molar-refractivity contribution in [2.75, 3.05) is 59.0 Å². The van der Waals surface area contributed by atoms with Gasteiger partial charge >= 0.3 is 0 Å². The highest BCUT2D eigenvalue weighted by molar-refractivity contribution is 5.78. The molecule has 0 aliphatic carbocycles. The van der Waals surface area contributed by atoms with E-state index in [-0.39, 0.29) is 12.5 Å². The van der Waals surface area contributed by atoms with Crippen LogP contribution in [0.15, 0.2) is 42.5 Å². The topological polar surface area (TPSA) is 60.5 Å². The third-order valence-corrected chi connectivity index (χ3v) is 4.78. The highest BCUT2D eigenvalue weighted by Gasteiger charge is 2.23. The summed E-state index contributed by atoms with van der Waals surface area (Å²) < 4.78 is 21.6. The number of benzene rings is 2. The van der Waals surface area contributed by atoms with E-state index in [9.17, 15) is 4.79 Å². The first-order valence-electron chi connectivity index (χ1n) is 9.17. The van der Waals surface area contributed by atoms with Crippen molar-refractivity contribution >= 4 is 11.6 Å². The second-order valence-corrected chi connectivity index (χ2v) is 6.35. The maximum atomic E-state index is 12.5. The number of hydrogen-bond donors (Lipinski definition) is 0. The second kappa shape index (κ2) is 9.21. The summed E-state index contributed by atoms with van der Waals surface area (Å²) in [6.07, 6.45) is 0. The standard InChI is InChI=1S/C21H26N2O5/c1-25-16-8-9-17(20(14-16)27-3)22-10-12-23(13-11-22)21(24)15-28-19-7-5-4-6-18(19)26-2/h4-9,14H,10-13,15H2,1-3H3. The molecule has 28 heavy (non-hydrogen) atoms. The van der Waals surface area contributed by atoms with E-state index in [0.29, 0.717) is 24.6 Å². The van der Waals surface area contributed by atoms with Gasteiger partial charge in [-0.15, -0.1) is 0 Å². The SMILES string of the molecule is COc1ccc(N2CCN(C(=O)COc3ccccc3OC)CC2)c(OC)c1. The molecule has 1 saturated heterocycles. The first kappa shape index (κ1) is 19.7. The minimum Gasteiger partial charge on any atom is -0.497 e. The monoisotopic (exact) mass is 386 g/mol. The molecule has 150 valence electrons. The summed E-state index contributed by atoms with van der Waals surface area (Å²) in [7, 11) is 4.86. The van der Waals surface area contributed by atoms with Crippen molar-refractivity contribution in [3.63, 3.8) is 0 Å². The normalized spacial score (nSPS) is 13.8. The Morgan fingerprint density at radius 3 is 2.18 bits per heavy atom. The molecule has 1 amide bonds. The van der Waals surface area contributed by atoms with Gasteiger partial charge in [0.1, 0.15) is 11.5 Å². The van der Waals surface area contributed by atoms with E-state index in [1.807, 2.05) is 35.2 Å². The lowest BCUT2D eigenvalue weighted by Crippen LogP contribution is -2.50. The van der Waals surface area contributed by atoms with Gasteiger partial charge in [0, 0.05) is 32.2 Å². The van der Waals surface area contributed by atoms with Gasteiger partial charge < -0.3 is 28.7 Å². The van der Waals surface area contributed by atoms with Crippen LogP contribution in [-0.4, -0.2) is 64.9 Å². The maximum Gasteiger partial charge on any atom is 0.260 e. The molecule has 1 aliphatic rings. The first-order valence-corrected chi connectivity index (χ1v) is 9.17. The van der Waals surface area contributed by atoms with Crippen LogP contribution >= 0.6 is 0 Å². The molecule has 0 atom stereocenters. The van der Waals surface area contributed by atoms with Crippen LogP contribution in [0.3, 0.4) is 0 Å². The Hall–Kier alpha value is -3.09. The Balaban J connectivity index is 1.56. The predicted octanol–water partition coefficient (Wildman–Crippen LogP) is 2.44. The number of ether oxygens (including phenoxy) is 4. The summed E-state index contributed by atoms with van der Waals surface area (Å²) in [6, 6.07) is 13.1. The third-order valence-electron chi connectivity index (χ3n) is 4.78. The summed E-state index contributed by atoms with van der Waals surface area (Å²) in [5.41, 5.74) is 1.00. The van der Waals surface area contributed by atoms with E-state index in [2.05, 4.69) is 4.90 Å². The fraction of sp³-hybridized carbons (Fsp3) is 0.381. The number of methoxy groups -OCH3 is 3. The maximum absolute atomic E-state index is 12.5. The Bertz CT molecular complexity index is 803. The molecule has 7 nitrogen and oxygen atoms in total. The van der Waals surface area contributed by atoms with E-state index < -0.39 is 0 Å². The summed E-state index contributed by atoms with van der Waals surface area (Å²) >= 11 is 0. The first-order chi connectivity index (χ1) is 13.7. The molecule has 0 unspecified atom stereocenters. The number of carbonyl (C=O) groups excluding carboxylic acids is 1. The van der Waals surface area contributed by atoms with E-state index >= 15 is 0 Å². The van der Waals surface area contributed by atoms with Crippen molar-refractivity contribution in [3.8, 4) is 23.0 Å². The van der Waals surface area contributed by atoms with Gasteiger partial charge in [-0.05, 0) is 24.3 Å². The van der Waals surface area contributed by atoms with Gasteiger partial charge in [-0.1, -0.05) is 12.1 Å². The zero-order valence-electron chi connectivity index (χ0n) is 16.5. The molecule has 0 N–H and O–H groups in total. The molecule has 1 heterocycles. The van der Waals surface area contributed by atoms with Gasteiger partial charge in [-0.2, -0.15) is 0 Å². The number of anilines is 1. The fourth-order valence-electron chi connectivity index (χ4n) is 3.21. The lowest BCUT2D eigenvalue weighted by molar-refractivity contribution is -0.133. The second-order valence-electron chi connectivity index (χ2n) is 6.35. The molecular formula is C21H26N2O5. The molecule has 0 saturated carbocycles. The largest absolute Gasteiger partial charge is 0.497 e. The van der Waals surface area contributed by atoms with Crippen molar-refractivity contribution < 1.29 is 23.7 Å². The number of carbonyl (C=O) groups is 1. The number of para-hydroxylation sites is 2. The van der Waals surface area contributed by atoms with Gasteiger partial charge in [-0.25, -0.2) is 0 Å². The number of piperazine rings is 1. The van der Waals surface area contributed by atoms with E-state index in [1.165, 1.54) is 0 Å². The Labute approximate surface area is 165 Å². The highest BCUT2D eigenvalue weighted by atomic mass is 16.5. The Kier molecular flexibility index (Phi) is 6.47. The number of rotatable bonds is 7. The van der Waals surface area contributed by atoms with Gasteiger partial charge in [0.2, 0.25) is 0 Å². The van der Waals surface area contributed by atoms with Gasteiger partial charge in [0.25, 0.3) is 5.91 Å². The van der Waals surface area contributed by atoms with Crippen LogP contribution in [0.25, 0.3) is 0 Å². The summed E-state index contributed by atoms with van der Waals surface area (Å²) in [6.45, 7) is 2.70. The van der Waals surface area contributed by atoms with Crippen molar-refractivity contribution in [2.45, 2.75) is 0 Å². The van der Waals surface area contributed by atoms with Crippen LogP contribution in [0.1, 0.15) is 0 Å². The number of hydrogen-bond acceptors (Lipinski definition) is 6. The van der Waals surface area contributed by atoms with Crippen LogP contribution < -0.4 is 23.8 Å². The average molecular weight is 386 g/mol. The quantitative estimate of drug-likeness (QED) is 0.729. The Morgan fingerprint density at radius 2 is 1.54 bits per heavy atom. The lowest BCUT2D eigenvalue weighted by Gasteiger charge is -2.36. The number of nitrogens with zero attached hydrogens (tertiary/aromatic N) is 2. The number of amides is 1. The van der Waals surface area contributed by atoms with Gasteiger partial charge in [0.05, 0.1) is 27.0 Å². The van der Waals surface area contributed by atoms with E-state index in [4.69, 9.17) is 18.9 Å². The molecule has 0 bridgehead atoms. The molecule has 0 aromatic heterocycles. The molecule has 1 fully saturated rings. The lowest BCUT2D eigenvalue weighted by atomic mass is 10.2. The molecule has 7 heteroatoms. The minimum atomic E-state index is -0.0350. The average Bonchev–Trinajstić information content (AvgIpc) is 2.77. The summed E-state index contributed by atoms with van der Waals surface area (Å²) in [4.78, 5) is 16.6. The van der Waals surface area contributed by atoms with Crippen LogP contribution in [0, 0.1) is 0 Å². The molecule has 3 rings (SSSR count). The zero-order chi connectivity index (χ0) is 19.9. The van der Waals surface area contributed by atoms with E-state index in [0.717, 1.165) is 30.3 Å². The summed E-state index contributed by atoms with van der Waals surface area (Å²) in [5.74, 6) is 2.67. The molecule has 0 spiro atoms. The van der Waals surface area contributed by atoms with Crippen molar-refractivity contribution in [2.24, 2.45) is 0 Å². The summed E-state index contributed by atoms with van der Waals surface area (Å²) in [5, 5.41) is 0. The minimum absolute atomic E-state index is 0.00771. The fourth-order valence-corrected chi connectivity index (χ4v) is 3.21. The predicted molar refractivity (Wildman–Crippen MR) is 107 cm³/mol. The third kappa shape index (κ3) is 4.42. The molecule has 2 aromatic carbocycles. The smallest absolute Gasteiger partial charge is 0.260 e. The highest BCUT2D eigenvalue weighted by Crippen LogP contribution is 2.32. The van der Waals surface area contributed by atoms with Crippen molar-refractivity contribution in [1.82, 2.24) is 4.90 Å². The van der Waals surface area contributed by atoms with Crippen molar-refractivity contribution in [1.29, 1.82) is 0 Å². The van der Waals surface area contributed by atoms with Gasteiger partial charge in [0.15, 0.2) is 18.1 Å².